The quantitative estimate of drug-likeness (QED) is 0.909. The molecule has 0 fully saturated rings. The fourth-order valence-corrected chi connectivity index (χ4v) is 2.06. The van der Waals surface area contributed by atoms with Crippen molar-refractivity contribution in [3.8, 4) is 0 Å². The van der Waals surface area contributed by atoms with E-state index in [-0.39, 0.29) is 18.1 Å². The van der Waals surface area contributed by atoms with Crippen molar-refractivity contribution in [3.63, 3.8) is 0 Å². The van der Waals surface area contributed by atoms with E-state index in [4.69, 9.17) is 0 Å². The number of anilines is 1. The van der Waals surface area contributed by atoms with E-state index in [1.54, 1.807) is 7.05 Å². The Morgan fingerprint density at radius 3 is 2.43 bits per heavy atom. The zero-order chi connectivity index (χ0) is 16.9. The first kappa shape index (κ1) is 16.9. The van der Waals surface area contributed by atoms with Gasteiger partial charge in [-0.25, -0.2) is 0 Å². The number of benzene rings is 2. The second kappa shape index (κ2) is 7.17. The molecular weight excluding hydrogens is 305 g/mol. The lowest BCUT2D eigenvalue weighted by Gasteiger charge is -2.18. The summed E-state index contributed by atoms with van der Waals surface area (Å²) in [7, 11) is 1.66. The van der Waals surface area contributed by atoms with Crippen molar-refractivity contribution in [1.29, 1.82) is 0 Å². The molecule has 23 heavy (non-hydrogen) atoms. The van der Waals surface area contributed by atoms with Gasteiger partial charge in [-0.1, -0.05) is 36.4 Å². The summed E-state index contributed by atoms with van der Waals surface area (Å²) in [5.74, 6) is -0.203. The highest BCUT2D eigenvalue weighted by atomic mass is 19.4. The third-order valence-corrected chi connectivity index (χ3v) is 3.32. The van der Waals surface area contributed by atoms with E-state index in [0.717, 1.165) is 17.7 Å². The van der Waals surface area contributed by atoms with E-state index in [2.05, 4.69) is 5.32 Å². The van der Waals surface area contributed by atoms with Crippen molar-refractivity contribution >= 4 is 11.6 Å². The summed E-state index contributed by atoms with van der Waals surface area (Å²) < 4.78 is 37.9. The number of hydrogen-bond acceptors (Lipinski definition) is 2. The van der Waals surface area contributed by atoms with Gasteiger partial charge in [0.15, 0.2) is 0 Å². The minimum atomic E-state index is -4.40. The van der Waals surface area contributed by atoms with E-state index in [1.807, 2.05) is 30.3 Å². The molecule has 0 saturated carbocycles. The van der Waals surface area contributed by atoms with E-state index in [0.29, 0.717) is 6.54 Å². The molecule has 0 aliphatic rings. The molecule has 3 nitrogen and oxygen atoms in total. The molecular formula is C17H17F3N2O. The zero-order valence-electron chi connectivity index (χ0n) is 12.6. The monoisotopic (exact) mass is 322 g/mol. The number of alkyl halides is 3. The van der Waals surface area contributed by atoms with Crippen LogP contribution in [0.15, 0.2) is 54.6 Å². The summed E-state index contributed by atoms with van der Waals surface area (Å²) >= 11 is 0. The normalized spacial score (nSPS) is 11.1. The van der Waals surface area contributed by atoms with Crippen LogP contribution in [0.25, 0.3) is 0 Å². The number of carbonyl (C=O) groups excluding carboxylic acids is 1. The summed E-state index contributed by atoms with van der Waals surface area (Å²) in [4.78, 5) is 13.6. The summed E-state index contributed by atoms with van der Waals surface area (Å²) in [6, 6.07) is 14.3. The van der Waals surface area contributed by atoms with Crippen molar-refractivity contribution in [2.45, 2.75) is 12.7 Å². The molecule has 1 amide bonds. The van der Waals surface area contributed by atoms with Gasteiger partial charge in [-0.3, -0.25) is 4.79 Å². The fourth-order valence-electron chi connectivity index (χ4n) is 2.06. The molecule has 122 valence electrons. The number of amides is 1. The Labute approximate surface area is 132 Å². The standard InChI is InChI=1S/C17H17F3N2O/c1-22(12-13-6-3-2-4-7-13)16(23)11-21-15-9-5-8-14(10-15)17(18,19)20/h2-10,21H,11-12H2,1H3. The van der Waals surface area contributed by atoms with Crippen LogP contribution in [-0.2, 0) is 17.5 Å². The molecule has 0 aromatic heterocycles. The minimum absolute atomic E-state index is 0.0648. The van der Waals surface area contributed by atoms with Crippen LogP contribution in [0.4, 0.5) is 18.9 Å². The number of likely N-dealkylation sites (N-methyl/N-ethyl adjacent to an activating group) is 1. The number of carbonyl (C=O) groups is 1. The minimum Gasteiger partial charge on any atom is -0.376 e. The van der Waals surface area contributed by atoms with Gasteiger partial charge in [-0.2, -0.15) is 13.2 Å². The Hall–Kier alpha value is -2.50. The molecule has 6 heteroatoms. The van der Waals surface area contributed by atoms with Crippen LogP contribution in [-0.4, -0.2) is 24.4 Å². The number of hydrogen-bond donors (Lipinski definition) is 1. The lowest BCUT2D eigenvalue weighted by Crippen LogP contribution is -2.31. The van der Waals surface area contributed by atoms with Gasteiger partial charge in [-0.05, 0) is 23.8 Å². The van der Waals surface area contributed by atoms with Gasteiger partial charge >= 0.3 is 6.18 Å². The summed E-state index contributed by atoms with van der Waals surface area (Å²) in [6.45, 7) is 0.384. The maximum absolute atomic E-state index is 12.6. The lowest BCUT2D eigenvalue weighted by atomic mass is 10.2. The van der Waals surface area contributed by atoms with Crippen LogP contribution in [0, 0.1) is 0 Å². The summed E-state index contributed by atoms with van der Waals surface area (Å²) in [5.41, 5.74) is 0.510. The number of rotatable bonds is 5. The number of nitrogens with zero attached hydrogens (tertiary/aromatic N) is 1. The smallest absolute Gasteiger partial charge is 0.376 e. The molecule has 2 aromatic carbocycles. The first-order chi connectivity index (χ1) is 10.9. The topological polar surface area (TPSA) is 32.3 Å². The molecule has 0 spiro atoms. The average molecular weight is 322 g/mol. The Balaban J connectivity index is 1.91. The SMILES string of the molecule is CN(Cc1ccccc1)C(=O)CNc1cccc(C(F)(F)F)c1. The van der Waals surface area contributed by atoms with Crippen LogP contribution >= 0.6 is 0 Å². The highest BCUT2D eigenvalue weighted by molar-refractivity contribution is 5.80. The van der Waals surface area contributed by atoms with E-state index in [1.165, 1.54) is 17.0 Å². The molecule has 0 heterocycles. The second-order valence-corrected chi connectivity index (χ2v) is 5.17. The molecule has 0 aliphatic carbocycles. The van der Waals surface area contributed by atoms with Crippen molar-refractivity contribution < 1.29 is 18.0 Å². The zero-order valence-corrected chi connectivity index (χ0v) is 12.6. The van der Waals surface area contributed by atoms with Crippen molar-refractivity contribution in [1.82, 2.24) is 4.90 Å². The van der Waals surface area contributed by atoms with Gasteiger partial charge in [0.2, 0.25) is 5.91 Å². The van der Waals surface area contributed by atoms with E-state index >= 15 is 0 Å². The van der Waals surface area contributed by atoms with Gasteiger partial charge in [-0.15, -0.1) is 0 Å². The Bertz CT molecular complexity index is 656. The molecule has 2 aromatic rings. The van der Waals surface area contributed by atoms with Gasteiger partial charge in [0, 0.05) is 19.3 Å². The van der Waals surface area contributed by atoms with Crippen molar-refractivity contribution in [2.24, 2.45) is 0 Å². The summed E-state index contributed by atoms with van der Waals surface area (Å²) in [6.07, 6.45) is -4.40. The van der Waals surface area contributed by atoms with Crippen LogP contribution < -0.4 is 5.32 Å². The first-order valence-corrected chi connectivity index (χ1v) is 7.05. The maximum Gasteiger partial charge on any atom is 0.416 e. The predicted octanol–water partition coefficient (Wildman–Crippen LogP) is 3.78. The van der Waals surface area contributed by atoms with Gasteiger partial charge < -0.3 is 10.2 Å². The number of halogens is 3. The molecule has 0 saturated heterocycles. The largest absolute Gasteiger partial charge is 0.416 e. The Morgan fingerprint density at radius 1 is 1.09 bits per heavy atom. The molecule has 1 N–H and O–H groups in total. The third-order valence-electron chi connectivity index (χ3n) is 3.32. The molecule has 0 radical (unpaired) electrons. The average Bonchev–Trinajstić information content (AvgIpc) is 2.53. The van der Waals surface area contributed by atoms with Gasteiger partial charge in [0.25, 0.3) is 0 Å². The fraction of sp³-hybridized carbons (Fsp3) is 0.235. The Kier molecular flexibility index (Phi) is 5.26. The first-order valence-electron chi connectivity index (χ1n) is 7.05. The van der Waals surface area contributed by atoms with Crippen molar-refractivity contribution in [3.05, 3.63) is 65.7 Å². The molecule has 2 rings (SSSR count). The lowest BCUT2D eigenvalue weighted by molar-refractivity contribution is -0.137. The van der Waals surface area contributed by atoms with Crippen molar-refractivity contribution in [2.75, 3.05) is 18.9 Å². The molecule has 0 bridgehead atoms. The maximum atomic E-state index is 12.6. The molecule has 0 atom stereocenters. The van der Waals surface area contributed by atoms with Gasteiger partial charge in [0.1, 0.15) is 0 Å². The van der Waals surface area contributed by atoms with Crippen LogP contribution in [0.3, 0.4) is 0 Å². The molecule has 0 aliphatic heterocycles. The second-order valence-electron chi connectivity index (χ2n) is 5.17. The summed E-state index contributed by atoms with van der Waals surface area (Å²) in [5, 5.41) is 2.73. The Morgan fingerprint density at radius 2 is 1.78 bits per heavy atom. The van der Waals surface area contributed by atoms with Gasteiger partial charge in [0.05, 0.1) is 12.1 Å². The van der Waals surface area contributed by atoms with E-state index < -0.39 is 11.7 Å². The van der Waals surface area contributed by atoms with Crippen LogP contribution in [0.1, 0.15) is 11.1 Å². The third kappa shape index (κ3) is 5.02. The van der Waals surface area contributed by atoms with Crippen LogP contribution in [0.2, 0.25) is 0 Å². The van der Waals surface area contributed by atoms with E-state index in [9.17, 15) is 18.0 Å². The molecule has 0 unspecified atom stereocenters. The van der Waals surface area contributed by atoms with Crippen LogP contribution in [0.5, 0.6) is 0 Å². The number of nitrogens with one attached hydrogen (secondary N) is 1. The predicted molar refractivity (Wildman–Crippen MR) is 82.8 cm³/mol. The highest BCUT2D eigenvalue weighted by Gasteiger charge is 2.30. The highest BCUT2D eigenvalue weighted by Crippen LogP contribution is 2.30.